The highest BCUT2D eigenvalue weighted by molar-refractivity contribution is 7.80. The molecule has 0 heterocycles. The van der Waals surface area contributed by atoms with Crippen LogP contribution in [0.4, 0.5) is 10.1 Å². The van der Waals surface area contributed by atoms with Gasteiger partial charge in [0.05, 0.1) is 23.2 Å². The summed E-state index contributed by atoms with van der Waals surface area (Å²) < 4.78 is 18.0. The van der Waals surface area contributed by atoms with Gasteiger partial charge in [0.2, 0.25) is 5.91 Å². The highest BCUT2D eigenvalue weighted by Crippen LogP contribution is 2.47. The van der Waals surface area contributed by atoms with E-state index >= 15 is 0 Å². The minimum atomic E-state index is -0.741. The number of nitrogens with two attached hydrogens (primary N) is 1. The van der Waals surface area contributed by atoms with Gasteiger partial charge in [-0.15, -0.1) is 0 Å². The van der Waals surface area contributed by atoms with Crippen molar-refractivity contribution in [1.29, 1.82) is 0 Å². The van der Waals surface area contributed by atoms with Gasteiger partial charge in [0, 0.05) is 6.07 Å². The van der Waals surface area contributed by atoms with Crippen molar-refractivity contribution in [3.05, 3.63) is 24.0 Å². The van der Waals surface area contributed by atoms with Gasteiger partial charge in [-0.05, 0) is 25.0 Å². The normalized spacial score (nSPS) is 15.9. The molecule has 6 heteroatoms. The minimum absolute atomic E-state index is 0.195. The molecule has 0 unspecified atom stereocenters. The van der Waals surface area contributed by atoms with Crippen LogP contribution in [-0.4, -0.2) is 18.0 Å². The van der Waals surface area contributed by atoms with Crippen LogP contribution in [0.3, 0.4) is 0 Å². The Morgan fingerprint density at radius 1 is 1.56 bits per heavy atom. The first-order chi connectivity index (χ1) is 8.49. The maximum atomic E-state index is 13.0. The first kappa shape index (κ1) is 12.8. The Morgan fingerprint density at radius 3 is 2.72 bits per heavy atom. The van der Waals surface area contributed by atoms with E-state index in [-0.39, 0.29) is 16.6 Å². The maximum absolute atomic E-state index is 13.0. The minimum Gasteiger partial charge on any atom is -0.494 e. The number of rotatable bonds is 4. The summed E-state index contributed by atoms with van der Waals surface area (Å²) in [6.45, 7) is 0. The Kier molecular flexibility index (Phi) is 3.21. The van der Waals surface area contributed by atoms with Gasteiger partial charge in [0.15, 0.2) is 0 Å². The quantitative estimate of drug-likeness (QED) is 0.818. The molecular formula is C12H13FN2O2S. The lowest BCUT2D eigenvalue weighted by Gasteiger charge is -2.15. The zero-order valence-electron chi connectivity index (χ0n) is 9.83. The van der Waals surface area contributed by atoms with Gasteiger partial charge in [0.1, 0.15) is 11.6 Å². The molecule has 2 rings (SSSR count). The molecule has 1 saturated carbocycles. The zero-order chi connectivity index (χ0) is 13.3. The van der Waals surface area contributed by atoms with Crippen molar-refractivity contribution < 1.29 is 13.9 Å². The number of nitrogens with one attached hydrogen (secondary N) is 1. The lowest BCUT2D eigenvalue weighted by atomic mass is 10.1. The average Bonchev–Trinajstić information content (AvgIpc) is 3.12. The third-order valence-electron chi connectivity index (χ3n) is 3.07. The molecule has 1 aliphatic rings. The highest BCUT2D eigenvalue weighted by atomic mass is 32.1. The van der Waals surface area contributed by atoms with E-state index < -0.39 is 11.2 Å². The molecule has 1 aromatic rings. The number of ether oxygens (including phenoxy) is 1. The third-order valence-corrected chi connectivity index (χ3v) is 3.46. The molecule has 3 N–H and O–H groups in total. The van der Waals surface area contributed by atoms with Crippen molar-refractivity contribution in [1.82, 2.24) is 0 Å². The number of hydrogen-bond donors (Lipinski definition) is 2. The second-order valence-corrected chi connectivity index (χ2v) is 4.68. The molecule has 1 aliphatic carbocycles. The van der Waals surface area contributed by atoms with E-state index in [0.29, 0.717) is 18.5 Å². The van der Waals surface area contributed by atoms with Crippen LogP contribution in [0.2, 0.25) is 0 Å². The predicted molar refractivity (Wildman–Crippen MR) is 70.0 cm³/mol. The molecule has 0 atom stereocenters. The number of carbonyl (C=O) groups is 1. The molecule has 1 amide bonds. The monoisotopic (exact) mass is 268 g/mol. The number of halogens is 1. The van der Waals surface area contributed by atoms with Crippen molar-refractivity contribution in [3.63, 3.8) is 0 Å². The fourth-order valence-corrected chi connectivity index (χ4v) is 2.02. The van der Waals surface area contributed by atoms with Crippen molar-refractivity contribution in [3.8, 4) is 5.75 Å². The smallest absolute Gasteiger partial charge is 0.237 e. The molecule has 0 saturated heterocycles. The van der Waals surface area contributed by atoms with Crippen LogP contribution in [0.15, 0.2) is 18.2 Å². The van der Waals surface area contributed by atoms with Crippen LogP contribution in [-0.2, 0) is 4.79 Å². The second kappa shape index (κ2) is 4.53. The molecule has 0 aromatic heterocycles. The molecule has 0 radical (unpaired) electrons. The van der Waals surface area contributed by atoms with Gasteiger partial charge in [-0.2, -0.15) is 0 Å². The molecule has 4 nitrogen and oxygen atoms in total. The topological polar surface area (TPSA) is 64.3 Å². The van der Waals surface area contributed by atoms with Crippen LogP contribution in [0.5, 0.6) is 5.75 Å². The fourth-order valence-electron chi connectivity index (χ4n) is 1.72. The van der Waals surface area contributed by atoms with Gasteiger partial charge in [-0.3, -0.25) is 4.79 Å². The molecule has 0 aliphatic heterocycles. The van der Waals surface area contributed by atoms with Crippen LogP contribution >= 0.6 is 12.2 Å². The fraction of sp³-hybridized carbons (Fsp3) is 0.333. The Morgan fingerprint density at radius 2 is 2.22 bits per heavy atom. The standard InChI is InChI=1S/C12H13FN2O2S/c1-17-9-6-7(13)2-3-8(9)15-11(16)12(4-5-12)10(14)18/h2-3,6H,4-5H2,1H3,(H2,14,18)(H,15,16). The first-order valence-electron chi connectivity index (χ1n) is 5.44. The Balaban J connectivity index is 2.20. The summed E-state index contributed by atoms with van der Waals surface area (Å²) >= 11 is 4.89. The summed E-state index contributed by atoms with van der Waals surface area (Å²) in [7, 11) is 1.41. The molecule has 18 heavy (non-hydrogen) atoms. The molecule has 0 spiro atoms. The van der Waals surface area contributed by atoms with Gasteiger partial charge in [0.25, 0.3) is 0 Å². The summed E-state index contributed by atoms with van der Waals surface area (Å²) in [6, 6.07) is 3.90. The number of benzene rings is 1. The Labute approximate surface area is 109 Å². The predicted octanol–water partition coefficient (Wildman–Crippen LogP) is 1.84. The van der Waals surface area contributed by atoms with Crippen LogP contribution in [0.25, 0.3) is 0 Å². The summed E-state index contributed by atoms with van der Waals surface area (Å²) in [5.41, 5.74) is 5.23. The number of amides is 1. The van der Waals surface area contributed by atoms with E-state index in [1.807, 2.05) is 0 Å². The molecule has 1 fully saturated rings. The van der Waals surface area contributed by atoms with Crippen LogP contribution < -0.4 is 15.8 Å². The molecule has 96 valence electrons. The SMILES string of the molecule is COc1cc(F)ccc1NC(=O)C1(C(N)=S)CC1. The number of hydrogen-bond acceptors (Lipinski definition) is 3. The highest BCUT2D eigenvalue weighted by Gasteiger charge is 2.52. The third kappa shape index (κ3) is 2.15. The zero-order valence-corrected chi connectivity index (χ0v) is 10.6. The summed E-state index contributed by atoms with van der Waals surface area (Å²) in [5.74, 6) is -0.428. The summed E-state index contributed by atoms with van der Waals surface area (Å²) in [4.78, 5) is 12.3. The number of methoxy groups -OCH3 is 1. The van der Waals surface area contributed by atoms with E-state index in [4.69, 9.17) is 22.7 Å². The van der Waals surface area contributed by atoms with Gasteiger partial charge < -0.3 is 15.8 Å². The second-order valence-electron chi connectivity index (χ2n) is 4.25. The van der Waals surface area contributed by atoms with Crippen molar-refractivity contribution >= 4 is 28.8 Å². The lowest BCUT2D eigenvalue weighted by Crippen LogP contribution is -2.35. The van der Waals surface area contributed by atoms with E-state index in [0.717, 1.165) is 0 Å². The van der Waals surface area contributed by atoms with Gasteiger partial charge >= 0.3 is 0 Å². The van der Waals surface area contributed by atoms with Crippen molar-refractivity contribution in [2.45, 2.75) is 12.8 Å². The van der Waals surface area contributed by atoms with Crippen molar-refractivity contribution in [2.75, 3.05) is 12.4 Å². The number of carbonyl (C=O) groups excluding carboxylic acids is 1. The summed E-state index contributed by atoms with van der Waals surface area (Å²) in [6.07, 6.45) is 1.30. The van der Waals surface area contributed by atoms with E-state index in [1.165, 1.54) is 25.3 Å². The largest absolute Gasteiger partial charge is 0.494 e. The lowest BCUT2D eigenvalue weighted by molar-refractivity contribution is -0.118. The van der Waals surface area contributed by atoms with Crippen LogP contribution in [0, 0.1) is 11.2 Å². The Hall–Kier alpha value is -1.69. The van der Waals surface area contributed by atoms with Gasteiger partial charge in [-0.25, -0.2) is 4.39 Å². The summed E-state index contributed by atoms with van der Waals surface area (Å²) in [5, 5.41) is 2.67. The number of thiocarbonyl (C=S) groups is 1. The first-order valence-corrected chi connectivity index (χ1v) is 5.85. The molecule has 1 aromatic carbocycles. The van der Waals surface area contributed by atoms with E-state index in [9.17, 15) is 9.18 Å². The molecular weight excluding hydrogens is 255 g/mol. The van der Waals surface area contributed by atoms with Crippen molar-refractivity contribution in [2.24, 2.45) is 11.1 Å². The van der Waals surface area contributed by atoms with Crippen LogP contribution in [0.1, 0.15) is 12.8 Å². The van der Waals surface area contributed by atoms with Gasteiger partial charge in [-0.1, -0.05) is 12.2 Å². The Bertz CT molecular complexity index is 515. The van der Waals surface area contributed by atoms with E-state index in [2.05, 4.69) is 5.32 Å². The average molecular weight is 268 g/mol. The number of anilines is 1. The molecule has 0 bridgehead atoms. The van der Waals surface area contributed by atoms with E-state index in [1.54, 1.807) is 0 Å². The maximum Gasteiger partial charge on any atom is 0.237 e.